The molecule has 1 fully saturated rings. The molecule has 0 atom stereocenters. The SMILES string of the molecule is CCc1cc(-c2ccc(F)c(C)c2)nn1CC(=O)N1CCC(c2ncc(C)o2)CC1. The fraction of sp³-hybridized carbons (Fsp3) is 0.435. The van der Waals surface area contributed by atoms with E-state index in [9.17, 15) is 9.18 Å². The molecule has 0 bridgehead atoms. The molecule has 0 N–H and O–H groups in total. The predicted molar refractivity (Wildman–Crippen MR) is 112 cm³/mol. The molecule has 3 aromatic rings. The molecule has 158 valence electrons. The lowest BCUT2D eigenvalue weighted by Crippen LogP contribution is -2.40. The number of benzene rings is 1. The molecule has 1 aliphatic rings. The first-order valence-corrected chi connectivity index (χ1v) is 10.5. The molecule has 0 aliphatic carbocycles. The fourth-order valence-corrected chi connectivity index (χ4v) is 3.99. The number of aryl methyl sites for hydroxylation is 3. The van der Waals surface area contributed by atoms with Gasteiger partial charge in [-0.15, -0.1) is 0 Å². The van der Waals surface area contributed by atoms with Crippen molar-refractivity contribution in [1.82, 2.24) is 19.7 Å². The van der Waals surface area contributed by atoms with Gasteiger partial charge in [0.25, 0.3) is 0 Å². The Morgan fingerprint density at radius 1 is 1.23 bits per heavy atom. The highest BCUT2D eigenvalue weighted by molar-refractivity contribution is 5.76. The minimum absolute atomic E-state index is 0.0664. The number of halogens is 1. The van der Waals surface area contributed by atoms with E-state index < -0.39 is 0 Å². The Morgan fingerprint density at radius 2 is 2.00 bits per heavy atom. The molecule has 2 aromatic heterocycles. The molecular formula is C23H27FN4O2. The van der Waals surface area contributed by atoms with Crippen LogP contribution in [0.5, 0.6) is 0 Å². The van der Waals surface area contributed by atoms with Gasteiger partial charge in [-0.25, -0.2) is 9.37 Å². The molecule has 6 nitrogen and oxygen atoms in total. The van der Waals surface area contributed by atoms with Gasteiger partial charge in [-0.05, 0) is 62.9 Å². The van der Waals surface area contributed by atoms with Gasteiger partial charge in [-0.2, -0.15) is 5.10 Å². The lowest BCUT2D eigenvalue weighted by atomic mass is 9.97. The monoisotopic (exact) mass is 410 g/mol. The summed E-state index contributed by atoms with van der Waals surface area (Å²) in [5.41, 5.74) is 3.20. The van der Waals surface area contributed by atoms with Crippen molar-refractivity contribution in [3.05, 3.63) is 59.2 Å². The van der Waals surface area contributed by atoms with Gasteiger partial charge < -0.3 is 9.32 Å². The van der Waals surface area contributed by atoms with Gasteiger partial charge in [-0.1, -0.05) is 6.92 Å². The van der Waals surface area contributed by atoms with Gasteiger partial charge in [0.2, 0.25) is 5.91 Å². The van der Waals surface area contributed by atoms with Crippen molar-refractivity contribution < 1.29 is 13.6 Å². The summed E-state index contributed by atoms with van der Waals surface area (Å²) in [7, 11) is 0. The summed E-state index contributed by atoms with van der Waals surface area (Å²) < 4.78 is 21.0. The standard InChI is InChI=1S/C23H27FN4O2/c1-4-19-12-21(18-5-6-20(24)15(2)11-18)26-28(19)14-22(29)27-9-7-17(8-10-27)23-25-13-16(3)30-23/h5-6,11-13,17H,4,7-10,14H2,1-3H3. The van der Waals surface area contributed by atoms with Crippen molar-refractivity contribution in [3.8, 4) is 11.3 Å². The van der Waals surface area contributed by atoms with Crippen molar-refractivity contribution in [3.63, 3.8) is 0 Å². The van der Waals surface area contributed by atoms with Crippen LogP contribution in [0, 0.1) is 19.7 Å². The van der Waals surface area contributed by atoms with Gasteiger partial charge in [0.05, 0.1) is 11.9 Å². The first kappa shape index (κ1) is 20.3. The van der Waals surface area contributed by atoms with E-state index in [0.29, 0.717) is 18.7 Å². The average molecular weight is 410 g/mol. The van der Waals surface area contributed by atoms with Gasteiger partial charge in [0, 0.05) is 30.3 Å². The van der Waals surface area contributed by atoms with Crippen molar-refractivity contribution >= 4 is 5.91 Å². The summed E-state index contributed by atoms with van der Waals surface area (Å²) in [6, 6.07) is 6.96. The Morgan fingerprint density at radius 3 is 2.63 bits per heavy atom. The topological polar surface area (TPSA) is 64.2 Å². The summed E-state index contributed by atoms with van der Waals surface area (Å²) in [5, 5.41) is 4.64. The van der Waals surface area contributed by atoms with Crippen LogP contribution in [0.4, 0.5) is 4.39 Å². The number of carbonyl (C=O) groups excluding carboxylic acids is 1. The molecule has 1 saturated heterocycles. The molecule has 1 amide bonds. The number of nitrogens with zero attached hydrogens (tertiary/aromatic N) is 4. The number of aromatic nitrogens is 3. The van der Waals surface area contributed by atoms with Crippen LogP contribution in [0.2, 0.25) is 0 Å². The van der Waals surface area contributed by atoms with E-state index in [1.807, 2.05) is 24.8 Å². The third-order valence-electron chi connectivity index (χ3n) is 5.80. The first-order valence-electron chi connectivity index (χ1n) is 10.5. The summed E-state index contributed by atoms with van der Waals surface area (Å²) in [4.78, 5) is 19.1. The first-order chi connectivity index (χ1) is 14.4. The molecule has 1 aliphatic heterocycles. The normalized spacial score (nSPS) is 15.0. The van der Waals surface area contributed by atoms with Crippen LogP contribution in [-0.4, -0.2) is 38.7 Å². The van der Waals surface area contributed by atoms with Crippen molar-refractivity contribution in [2.24, 2.45) is 0 Å². The summed E-state index contributed by atoms with van der Waals surface area (Å²) >= 11 is 0. The van der Waals surface area contributed by atoms with E-state index in [0.717, 1.165) is 47.9 Å². The Balaban J connectivity index is 1.43. The summed E-state index contributed by atoms with van der Waals surface area (Å²) in [6.07, 6.45) is 4.22. The maximum atomic E-state index is 13.6. The predicted octanol–water partition coefficient (Wildman–Crippen LogP) is 4.26. The minimum Gasteiger partial charge on any atom is -0.446 e. The number of piperidine rings is 1. The molecule has 7 heteroatoms. The van der Waals surface area contributed by atoms with Gasteiger partial charge in [0.1, 0.15) is 18.1 Å². The van der Waals surface area contributed by atoms with Crippen LogP contribution in [0.3, 0.4) is 0 Å². The summed E-state index contributed by atoms with van der Waals surface area (Å²) in [6.45, 7) is 7.28. The van der Waals surface area contributed by atoms with Crippen LogP contribution < -0.4 is 0 Å². The number of hydrogen-bond acceptors (Lipinski definition) is 4. The van der Waals surface area contributed by atoms with E-state index in [-0.39, 0.29) is 24.2 Å². The van der Waals surface area contributed by atoms with Gasteiger partial charge in [0.15, 0.2) is 5.89 Å². The molecule has 30 heavy (non-hydrogen) atoms. The Bertz CT molecular complexity index is 1050. The second kappa shape index (κ2) is 8.42. The zero-order valence-electron chi connectivity index (χ0n) is 17.7. The number of carbonyl (C=O) groups is 1. The maximum Gasteiger partial charge on any atom is 0.244 e. The number of likely N-dealkylation sites (tertiary alicyclic amines) is 1. The second-order valence-corrected chi connectivity index (χ2v) is 7.96. The third-order valence-corrected chi connectivity index (χ3v) is 5.80. The van der Waals surface area contributed by atoms with Gasteiger partial charge in [-0.3, -0.25) is 9.48 Å². The van der Waals surface area contributed by atoms with E-state index in [2.05, 4.69) is 10.1 Å². The molecule has 0 radical (unpaired) electrons. The van der Waals surface area contributed by atoms with Gasteiger partial charge >= 0.3 is 0 Å². The number of oxazole rings is 1. The quantitative estimate of drug-likeness (QED) is 0.630. The van der Waals surface area contributed by atoms with E-state index in [1.165, 1.54) is 6.07 Å². The van der Waals surface area contributed by atoms with Crippen LogP contribution in [-0.2, 0) is 17.8 Å². The zero-order valence-corrected chi connectivity index (χ0v) is 17.7. The molecule has 0 spiro atoms. The third kappa shape index (κ3) is 4.15. The Labute approximate surface area is 175 Å². The lowest BCUT2D eigenvalue weighted by Gasteiger charge is -2.30. The zero-order chi connectivity index (χ0) is 21.3. The van der Waals surface area contributed by atoms with Crippen molar-refractivity contribution in [2.45, 2.75) is 52.5 Å². The molecule has 0 unspecified atom stereocenters. The van der Waals surface area contributed by atoms with E-state index >= 15 is 0 Å². The minimum atomic E-state index is -0.229. The highest BCUT2D eigenvalue weighted by Crippen LogP contribution is 2.28. The van der Waals surface area contributed by atoms with Crippen molar-refractivity contribution in [1.29, 1.82) is 0 Å². The van der Waals surface area contributed by atoms with Crippen molar-refractivity contribution in [2.75, 3.05) is 13.1 Å². The number of amides is 1. The lowest BCUT2D eigenvalue weighted by molar-refractivity contribution is -0.133. The summed E-state index contributed by atoms with van der Waals surface area (Å²) in [5.74, 6) is 1.71. The Hall–Kier alpha value is -2.96. The van der Waals surface area contributed by atoms with E-state index in [1.54, 1.807) is 29.9 Å². The fourth-order valence-electron chi connectivity index (χ4n) is 3.99. The highest BCUT2D eigenvalue weighted by atomic mass is 19.1. The van der Waals surface area contributed by atoms with E-state index in [4.69, 9.17) is 4.42 Å². The number of rotatable bonds is 5. The average Bonchev–Trinajstić information content (AvgIpc) is 3.36. The largest absolute Gasteiger partial charge is 0.446 e. The highest BCUT2D eigenvalue weighted by Gasteiger charge is 2.27. The van der Waals surface area contributed by atoms with Crippen LogP contribution in [0.25, 0.3) is 11.3 Å². The smallest absolute Gasteiger partial charge is 0.244 e. The molecule has 3 heterocycles. The van der Waals surface area contributed by atoms with Crippen LogP contribution in [0.15, 0.2) is 34.9 Å². The Kier molecular flexibility index (Phi) is 5.70. The van der Waals surface area contributed by atoms with Crippen LogP contribution in [0.1, 0.15) is 48.6 Å². The second-order valence-electron chi connectivity index (χ2n) is 7.96. The molecule has 1 aromatic carbocycles. The molecule has 4 rings (SSSR count). The number of hydrogen-bond donors (Lipinski definition) is 0. The molecular weight excluding hydrogens is 383 g/mol. The van der Waals surface area contributed by atoms with Crippen LogP contribution >= 0.6 is 0 Å². The molecule has 0 saturated carbocycles. The maximum absolute atomic E-state index is 13.6.